The van der Waals surface area contributed by atoms with Crippen molar-refractivity contribution in [1.29, 1.82) is 0 Å². The van der Waals surface area contributed by atoms with Crippen LogP contribution in [0.1, 0.15) is 73.6 Å². The standard InChI is InChI=1S/C31H57N3O6/c1-20-16-31(6,37-10)28(40-26-15-24(33(7)8)14-21(2)39-26)22(3)27(35)30(4,5)29(36)38-19-25(34(9)18-20)23-12-11-13-32-17-23/h20-26,28,32H,11-19H2,1-10H3/t20-,21-,22+,23?,24+,25+,26+,28-,31-/m1/s1. The Kier molecular flexibility index (Phi) is 11.6. The van der Waals surface area contributed by atoms with E-state index >= 15 is 0 Å². The minimum Gasteiger partial charge on any atom is -0.463 e. The van der Waals surface area contributed by atoms with E-state index in [4.69, 9.17) is 18.9 Å². The smallest absolute Gasteiger partial charge is 0.319 e. The van der Waals surface area contributed by atoms with Crippen molar-refractivity contribution >= 4 is 11.8 Å². The molecule has 3 aliphatic heterocycles. The fourth-order valence-electron chi connectivity index (χ4n) is 7.21. The number of carbonyl (C=O) groups excluding carboxylic acids is 2. The second-order valence-corrected chi connectivity index (χ2v) is 13.8. The summed E-state index contributed by atoms with van der Waals surface area (Å²) in [5.74, 6) is -0.675. The van der Waals surface area contributed by atoms with E-state index in [2.05, 4.69) is 50.1 Å². The van der Waals surface area contributed by atoms with Gasteiger partial charge in [0.25, 0.3) is 0 Å². The van der Waals surface area contributed by atoms with Crippen LogP contribution in [0, 0.1) is 23.2 Å². The van der Waals surface area contributed by atoms with Crippen molar-refractivity contribution in [3.8, 4) is 0 Å². The molecule has 0 aromatic carbocycles. The molecule has 0 radical (unpaired) electrons. The molecule has 9 atom stereocenters. The number of ether oxygens (including phenoxy) is 4. The third-order valence-corrected chi connectivity index (χ3v) is 9.73. The molecule has 9 heteroatoms. The SMILES string of the molecule is CO[C@]1(C)C[C@@H](C)CN(C)[C@H](C2CCCNC2)COC(=O)C(C)(C)C(=O)[C@H](C)[C@H]1O[C@H]1C[C@@H](N(C)C)C[C@@H](C)O1. The molecule has 3 heterocycles. The number of piperidine rings is 1. The number of Topliss-reactive ketones (excluding diaryl/α,β-unsaturated/α-hetero) is 1. The molecule has 3 rings (SSSR count). The molecule has 1 N–H and O–H groups in total. The minimum atomic E-state index is -1.32. The topological polar surface area (TPSA) is 89.6 Å². The summed E-state index contributed by atoms with van der Waals surface area (Å²) in [5.41, 5.74) is -2.10. The van der Waals surface area contributed by atoms with Gasteiger partial charge in [0.05, 0.1) is 17.8 Å². The van der Waals surface area contributed by atoms with Gasteiger partial charge in [-0.1, -0.05) is 13.8 Å². The number of rotatable bonds is 5. The van der Waals surface area contributed by atoms with E-state index in [1.807, 2.05) is 13.8 Å². The van der Waals surface area contributed by atoms with Crippen LogP contribution in [-0.4, -0.2) is 112 Å². The van der Waals surface area contributed by atoms with Gasteiger partial charge in [-0.05, 0) is 99.4 Å². The summed E-state index contributed by atoms with van der Waals surface area (Å²) in [6.45, 7) is 14.6. The van der Waals surface area contributed by atoms with Crippen molar-refractivity contribution < 1.29 is 28.5 Å². The fraction of sp³-hybridized carbons (Fsp3) is 0.935. The normalized spacial score (nSPS) is 41.1. The highest BCUT2D eigenvalue weighted by Gasteiger charge is 2.50. The molecule has 232 valence electrons. The van der Waals surface area contributed by atoms with Crippen molar-refractivity contribution in [2.45, 2.75) is 110 Å². The Bertz CT molecular complexity index is 847. The van der Waals surface area contributed by atoms with Gasteiger partial charge in [-0.3, -0.25) is 14.5 Å². The number of ketones is 1. The Balaban J connectivity index is 1.96. The third kappa shape index (κ3) is 7.84. The predicted molar refractivity (Wildman–Crippen MR) is 156 cm³/mol. The first-order valence-electron chi connectivity index (χ1n) is 15.3. The van der Waals surface area contributed by atoms with Crippen LogP contribution in [0.25, 0.3) is 0 Å². The molecular weight excluding hydrogens is 510 g/mol. The van der Waals surface area contributed by atoms with Crippen molar-refractivity contribution in [2.24, 2.45) is 23.2 Å². The van der Waals surface area contributed by atoms with Crippen molar-refractivity contribution in [2.75, 3.05) is 54.5 Å². The number of nitrogens with zero attached hydrogens (tertiary/aromatic N) is 2. The van der Waals surface area contributed by atoms with Crippen molar-refractivity contribution in [3.05, 3.63) is 0 Å². The maximum atomic E-state index is 14.1. The van der Waals surface area contributed by atoms with Gasteiger partial charge in [0.2, 0.25) is 0 Å². The van der Waals surface area contributed by atoms with Crippen LogP contribution < -0.4 is 5.32 Å². The first-order chi connectivity index (χ1) is 18.7. The maximum Gasteiger partial charge on any atom is 0.319 e. The summed E-state index contributed by atoms with van der Waals surface area (Å²) in [7, 11) is 7.98. The average molecular weight is 568 g/mol. The van der Waals surface area contributed by atoms with Crippen molar-refractivity contribution in [3.63, 3.8) is 0 Å². The van der Waals surface area contributed by atoms with Gasteiger partial charge >= 0.3 is 5.97 Å². The number of hydrogen-bond donors (Lipinski definition) is 1. The summed E-state index contributed by atoms with van der Waals surface area (Å²) >= 11 is 0. The number of carbonyl (C=O) groups is 2. The zero-order chi connectivity index (χ0) is 29.8. The number of hydrogen-bond acceptors (Lipinski definition) is 9. The number of nitrogens with one attached hydrogen (secondary N) is 1. The highest BCUT2D eigenvalue weighted by Crippen LogP contribution is 2.38. The van der Waals surface area contributed by atoms with Crippen LogP contribution in [0.4, 0.5) is 0 Å². The zero-order valence-electron chi connectivity index (χ0n) is 26.8. The van der Waals surface area contributed by atoms with Gasteiger partial charge in [0.1, 0.15) is 12.0 Å². The number of likely N-dealkylation sites (N-methyl/N-ethyl adjacent to an activating group) is 1. The van der Waals surface area contributed by atoms with Gasteiger partial charge in [0.15, 0.2) is 12.1 Å². The average Bonchev–Trinajstić information content (AvgIpc) is 2.90. The number of esters is 1. The highest BCUT2D eigenvalue weighted by molar-refractivity contribution is 6.04. The molecule has 0 aliphatic carbocycles. The molecule has 0 saturated carbocycles. The fourth-order valence-corrected chi connectivity index (χ4v) is 7.21. The Hall–Kier alpha value is -1.10. The largest absolute Gasteiger partial charge is 0.463 e. The molecule has 40 heavy (non-hydrogen) atoms. The molecular formula is C31H57N3O6. The van der Waals surface area contributed by atoms with E-state index in [9.17, 15) is 9.59 Å². The Labute approximate surface area is 243 Å². The monoisotopic (exact) mass is 567 g/mol. The second-order valence-electron chi connectivity index (χ2n) is 13.8. The van der Waals surface area contributed by atoms with Crippen LogP contribution in [0.2, 0.25) is 0 Å². The van der Waals surface area contributed by atoms with Gasteiger partial charge < -0.3 is 29.2 Å². The third-order valence-electron chi connectivity index (χ3n) is 9.73. The predicted octanol–water partition coefficient (Wildman–Crippen LogP) is 3.35. The zero-order valence-corrected chi connectivity index (χ0v) is 26.8. The maximum absolute atomic E-state index is 14.1. The minimum absolute atomic E-state index is 0.0333. The van der Waals surface area contributed by atoms with Gasteiger partial charge in [-0.25, -0.2) is 0 Å². The molecule has 0 amide bonds. The summed E-state index contributed by atoms with van der Waals surface area (Å²) in [4.78, 5) is 32.1. The van der Waals surface area contributed by atoms with E-state index in [1.54, 1.807) is 21.0 Å². The summed E-state index contributed by atoms with van der Waals surface area (Å²) in [5, 5.41) is 3.51. The molecule has 1 unspecified atom stereocenters. The molecule has 3 aliphatic rings. The quantitative estimate of drug-likeness (QED) is 0.397. The van der Waals surface area contributed by atoms with E-state index in [0.29, 0.717) is 24.8 Å². The van der Waals surface area contributed by atoms with Crippen LogP contribution in [0.5, 0.6) is 0 Å². The lowest BCUT2D eigenvalue weighted by molar-refractivity contribution is -0.263. The van der Waals surface area contributed by atoms with E-state index in [1.165, 1.54) is 0 Å². The van der Waals surface area contributed by atoms with Gasteiger partial charge in [-0.2, -0.15) is 0 Å². The van der Waals surface area contributed by atoms with Crippen molar-refractivity contribution in [1.82, 2.24) is 15.1 Å². The van der Waals surface area contributed by atoms with Gasteiger partial charge in [0, 0.05) is 38.1 Å². The first kappa shape index (κ1) is 33.4. The number of cyclic esters (lactones) is 1. The number of methoxy groups -OCH3 is 1. The molecule has 3 fully saturated rings. The first-order valence-corrected chi connectivity index (χ1v) is 15.3. The summed E-state index contributed by atoms with van der Waals surface area (Å²) in [6.07, 6.45) is 3.47. The lowest BCUT2D eigenvalue weighted by Crippen LogP contribution is -2.55. The Morgan fingerprint density at radius 1 is 1.10 bits per heavy atom. The van der Waals surface area contributed by atoms with Crippen LogP contribution >= 0.6 is 0 Å². The van der Waals surface area contributed by atoms with Crippen LogP contribution in [0.3, 0.4) is 0 Å². The Morgan fingerprint density at radius 2 is 1.80 bits per heavy atom. The highest BCUT2D eigenvalue weighted by atomic mass is 16.7. The van der Waals surface area contributed by atoms with E-state index in [-0.39, 0.29) is 30.5 Å². The summed E-state index contributed by atoms with van der Waals surface area (Å²) < 4.78 is 25.2. The van der Waals surface area contributed by atoms with Gasteiger partial charge in [-0.15, -0.1) is 0 Å². The molecule has 9 nitrogen and oxygen atoms in total. The Morgan fingerprint density at radius 3 is 2.40 bits per heavy atom. The molecule has 0 aromatic heterocycles. The van der Waals surface area contributed by atoms with E-state index < -0.39 is 35.3 Å². The molecule has 3 saturated heterocycles. The van der Waals surface area contributed by atoms with E-state index in [0.717, 1.165) is 38.9 Å². The molecule has 0 spiro atoms. The lowest BCUT2D eigenvalue weighted by Gasteiger charge is -2.45. The summed E-state index contributed by atoms with van der Waals surface area (Å²) in [6, 6.07) is 0.387. The van der Waals surface area contributed by atoms with Crippen LogP contribution in [-0.2, 0) is 28.5 Å². The van der Waals surface area contributed by atoms with Crippen LogP contribution in [0.15, 0.2) is 0 Å². The molecule has 0 bridgehead atoms. The lowest BCUT2D eigenvalue weighted by atomic mass is 9.74. The molecule has 0 aromatic rings. The second kappa shape index (κ2) is 13.9.